The van der Waals surface area contributed by atoms with Crippen molar-refractivity contribution >= 4 is 17.9 Å². The van der Waals surface area contributed by atoms with Gasteiger partial charge in [-0.15, -0.1) is 13.2 Å². The van der Waals surface area contributed by atoms with Gasteiger partial charge in [-0.1, -0.05) is 11.6 Å². The summed E-state index contributed by atoms with van der Waals surface area (Å²) in [5, 5.41) is -0.369. The highest BCUT2D eigenvalue weighted by molar-refractivity contribution is 6.32. The SMILES string of the molecule is O=Cc1cnc(OC(F)(F)F)c(Cl)c1. The lowest BCUT2D eigenvalue weighted by Crippen LogP contribution is -2.18. The van der Waals surface area contributed by atoms with E-state index in [1.807, 2.05) is 0 Å². The van der Waals surface area contributed by atoms with Crippen LogP contribution < -0.4 is 4.74 Å². The van der Waals surface area contributed by atoms with Crippen LogP contribution in [0.4, 0.5) is 13.2 Å². The molecule has 0 bridgehead atoms. The summed E-state index contributed by atoms with van der Waals surface area (Å²) in [7, 11) is 0. The topological polar surface area (TPSA) is 39.2 Å². The Hall–Kier alpha value is -1.30. The lowest BCUT2D eigenvalue weighted by molar-refractivity contribution is -0.276. The molecule has 0 saturated heterocycles. The fraction of sp³-hybridized carbons (Fsp3) is 0.143. The third kappa shape index (κ3) is 2.88. The molecule has 3 nitrogen and oxygen atoms in total. The first-order chi connectivity index (χ1) is 6.42. The molecule has 0 amide bonds. The van der Waals surface area contributed by atoms with Crippen LogP contribution in [0.25, 0.3) is 0 Å². The average molecular weight is 226 g/mol. The maximum atomic E-state index is 11.7. The van der Waals surface area contributed by atoms with E-state index in [-0.39, 0.29) is 10.6 Å². The monoisotopic (exact) mass is 225 g/mol. The van der Waals surface area contributed by atoms with Crippen molar-refractivity contribution in [3.8, 4) is 5.88 Å². The van der Waals surface area contributed by atoms with E-state index in [4.69, 9.17) is 11.6 Å². The maximum absolute atomic E-state index is 11.7. The Labute approximate surface area is 81.5 Å². The van der Waals surface area contributed by atoms with E-state index in [1.165, 1.54) is 0 Å². The van der Waals surface area contributed by atoms with Gasteiger partial charge in [-0.2, -0.15) is 0 Å². The van der Waals surface area contributed by atoms with Crippen LogP contribution in [0.15, 0.2) is 12.3 Å². The van der Waals surface area contributed by atoms with E-state index in [2.05, 4.69) is 9.72 Å². The number of halogens is 4. The largest absolute Gasteiger partial charge is 0.574 e. The van der Waals surface area contributed by atoms with Crippen LogP contribution in [-0.2, 0) is 0 Å². The Morgan fingerprint density at radius 3 is 2.57 bits per heavy atom. The van der Waals surface area contributed by atoms with Crippen LogP contribution in [0, 0.1) is 0 Å². The van der Waals surface area contributed by atoms with Gasteiger partial charge in [0, 0.05) is 11.8 Å². The second-order valence-electron chi connectivity index (χ2n) is 2.22. The molecule has 0 fully saturated rings. The summed E-state index contributed by atoms with van der Waals surface area (Å²) < 4.78 is 38.6. The minimum absolute atomic E-state index is 0.0736. The molecule has 0 saturated carbocycles. The van der Waals surface area contributed by atoms with Crippen molar-refractivity contribution in [3.63, 3.8) is 0 Å². The maximum Gasteiger partial charge on any atom is 0.574 e. The molecule has 0 radical (unpaired) electrons. The van der Waals surface area contributed by atoms with Crippen LogP contribution in [0.2, 0.25) is 5.02 Å². The smallest absolute Gasteiger partial charge is 0.386 e. The van der Waals surface area contributed by atoms with Crippen molar-refractivity contribution in [1.29, 1.82) is 0 Å². The number of hydrogen-bond acceptors (Lipinski definition) is 3. The second kappa shape index (κ2) is 3.83. The summed E-state index contributed by atoms with van der Waals surface area (Å²) in [5.41, 5.74) is 0.0736. The standard InChI is InChI=1S/C7H3ClF3NO2/c8-5-1-4(3-13)2-12-6(5)14-7(9,10)11/h1-3H. The lowest BCUT2D eigenvalue weighted by atomic mass is 10.3. The minimum atomic E-state index is -4.85. The highest BCUT2D eigenvalue weighted by Crippen LogP contribution is 2.27. The number of aromatic nitrogens is 1. The van der Waals surface area contributed by atoms with Gasteiger partial charge in [0.2, 0.25) is 5.88 Å². The Balaban J connectivity index is 2.95. The summed E-state index contributed by atoms with van der Waals surface area (Å²) in [5.74, 6) is -0.773. The normalized spacial score (nSPS) is 11.1. The van der Waals surface area contributed by atoms with Gasteiger partial charge in [0.05, 0.1) is 0 Å². The molecule has 1 aromatic heterocycles. The summed E-state index contributed by atoms with van der Waals surface area (Å²) in [6.07, 6.45) is -3.50. The average Bonchev–Trinajstić information content (AvgIpc) is 2.06. The molecule has 0 unspecified atom stereocenters. The van der Waals surface area contributed by atoms with Gasteiger partial charge < -0.3 is 4.74 Å². The van der Waals surface area contributed by atoms with E-state index < -0.39 is 12.2 Å². The summed E-state index contributed by atoms with van der Waals surface area (Å²) in [4.78, 5) is 13.4. The predicted molar refractivity (Wildman–Crippen MR) is 41.3 cm³/mol. The molecular formula is C7H3ClF3NO2. The van der Waals surface area contributed by atoms with Gasteiger partial charge in [-0.05, 0) is 6.07 Å². The number of alkyl halides is 3. The molecule has 0 N–H and O–H groups in total. The molecule has 0 aliphatic heterocycles. The number of pyridine rings is 1. The Morgan fingerprint density at radius 1 is 1.50 bits per heavy atom. The van der Waals surface area contributed by atoms with Crippen LogP contribution >= 0.6 is 11.6 Å². The van der Waals surface area contributed by atoms with Crippen LogP contribution in [0.3, 0.4) is 0 Å². The number of aldehydes is 1. The third-order valence-electron chi connectivity index (χ3n) is 1.18. The lowest BCUT2D eigenvalue weighted by Gasteiger charge is -2.08. The molecule has 76 valence electrons. The van der Waals surface area contributed by atoms with Gasteiger partial charge in [-0.25, -0.2) is 4.98 Å². The minimum Gasteiger partial charge on any atom is -0.386 e. The van der Waals surface area contributed by atoms with Crippen molar-refractivity contribution in [3.05, 3.63) is 22.8 Å². The molecule has 1 heterocycles. The van der Waals surface area contributed by atoms with Crippen molar-refractivity contribution in [1.82, 2.24) is 4.98 Å². The molecule has 1 rings (SSSR count). The third-order valence-corrected chi connectivity index (χ3v) is 1.45. The number of carbonyl (C=O) groups is 1. The number of hydrogen-bond donors (Lipinski definition) is 0. The molecule has 0 spiro atoms. The fourth-order valence-corrected chi connectivity index (χ4v) is 0.903. The zero-order valence-electron chi connectivity index (χ0n) is 6.51. The van der Waals surface area contributed by atoms with Crippen molar-refractivity contribution in [2.75, 3.05) is 0 Å². The van der Waals surface area contributed by atoms with Gasteiger partial charge in [0.25, 0.3) is 0 Å². The first-order valence-electron chi connectivity index (χ1n) is 3.29. The Morgan fingerprint density at radius 2 is 2.14 bits per heavy atom. The van der Waals surface area contributed by atoms with Crippen LogP contribution in [-0.4, -0.2) is 17.6 Å². The quantitative estimate of drug-likeness (QED) is 0.726. The Bertz CT molecular complexity index is 353. The molecule has 0 aromatic carbocycles. The first-order valence-corrected chi connectivity index (χ1v) is 3.66. The molecule has 0 aliphatic carbocycles. The zero-order valence-corrected chi connectivity index (χ0v) is 7.26. The predicted octanol–water partition coefficient (Wildman–Crippen LogP) is 2.45. The summed E-state index contributed by atoms with van der Waals surface area (Å²) in [6, 6.07) is 1.03. The zero-order chi connectivity index (χ0) is 10.8. The molecular weight excluding hydrogens is 223 g/mol. The van der Waals surface area contributed by atoms with Gasteiger partial charge in [0.1, 0.15) is 5.02 Å². The highest BCUT2D eigenvalue weighted by Gasteiger charge is 2.32. The van der Waals surface area contributed by atoms with Crippen LogP contribution in [0.1, 0.15) is 10.4 Å². The van der Waals surface area contributed by atoms with E-state index in [0.29, 0.717) is 6.29 Å². The molecule has 7 heteroatoms. The molecule has 0 atom stereocenters. The second-order valence-corrected chi connectivity index (χ2v) is 2.63. The Kier molecular flexibility index (Phi) is 2.95. The molecule has 0 aliphatic rings. The van der Waals surface area contributed by atoms with E-state index in [1.54, 1.807) is 0 Å². The highest BCUT2D eigenvalue weighted by atomic mass is 35.5. The summed E-state index contributed by atoms with van der Waals surface area (Å²) in [6.45, 7) is 0. The van der Waals surface area contributed by atoms with E-state index >= 15 is 0 Å². The van der Waals surface area contributed by atoms with Gasteiger partial charge in [-0.3, -0.25) is 4.79 Å². The summed E-state index contributed by atoms with van der Waals surface area (Å²) >= 11 is 5.37. The number of ether oxygens (including phenoxy) is 1. The number of rotatable bonds is 2. The van der Waals surface area contributed by atoms with E-state index in [9.17, 15) is 18.0 Å². The first kappa shape index (κ1) is 10.8. The number of nitrogens with zero attached hydrogens (tertiary/aromatic N) is 1. The molecule has 1 aromatic rings. The van der Waals surface area contributed by atoms with Crippen molar-refractivity contribution < 1.29 is 22.7 Å². The fourth-order valence-electron chi connectivity index (χ4n) is 0.689. The molecule has 14 heavy (non-hydrogen) atoms. The number of carbonyl (C=O) groups excluding carboxylic acids is 1. The van der Waals surface area contributed by atoms with Gasteiger partial charge in [0.15, 0.2) is 6.29 Å². The van der Waals surface area contributed by atoms with E-state index in [0.717, 1.165) is 12.3 Å². The van der Waals surface area contributed by atoms with Crippen molar-refractivity contribution in [2.24, 2.45) is 0 Å². The van der Waals surface area contributed by atoms with Crippen molar-refractivity contribution in [2.45, 2.75) is 6.36 Å². The van der Waals surface area contributed by atoms with Crippen LogP contribution in [0.5, 0.6) is 5.88 Å². The van der Waals surface area contributed by atoms with Gasteiger partial charge >= 0.3 is 6.36 Å².